The van der Waals surface area contributed by atoms with E-state index in [1.165, 1.54) is 0 Å². The van der Waals surface area contributed by atoms with Crippen molar-refractivity contribution in [1.29, 1.82) is 0 Å². The van der Waals surface area contributed by atoms with E-state index >= 15 is 0 Å². The van der Waals surface area contributed by atoms with Crippen LogP contribution >= 0.6 is 15.9 Å². The van der Waals surface area contributed by atoms with Crippen molar-refractivity contribution in [1.82, 2.24) is 4.90 Å². The fourth-order valence-corrected chi connectivity index (χ4v) is 5.10. The predicted octanol–water partition coefficient (Wildman–Crippen LogP) is 3.21. The first kappa shape index (κ1) is 18.1. The highest BCUT2D eigenvalue weighted by molar-refractivity contribution is 9.10. The lowest BCUT2D eigenvalue weighted by molar-refractivity contribution is -0.133. The average Bonchev–Trinajstić information content (AvgIpc) is 2.95. The number of amides is 1. The third-order valence-electron chi connectivity index (χ3n) is 4.43. The highest BCUT2D eigenvalue weighted by Crippen LogP contribution is 2.21. The molecule has 0 N–H and O–H groups in total. The van der Waals surface area contributed by atoms with E-state index in [1.54, 1.807) is 4.90 Å². The summed E-state index contributed by atoms with van der Waals surface area (Å²) in [6.45, 7) is 0.441. The molecule has 1 fully saturated rings. The summed E-state index contributed by atoms with van der Waals surface area (Å²) >= 11 is 3.39. The van der Waals surface area contributed by atoms with Gasteiger partial charge in [-0.05, 0) is 29.7 Å². The molecule has 3 rings (SSSR count). The standard InChI is InChI=1S/C19H20BrNO3S/c20-17-8-6-15(7-9-17)12-19(22)21(13-16-4-2-1-3-5-16)18-10-11-25(23,24)14-18/h1-9,18H,10-14H2/t18-/m1/s1. The van der Waals surface area contributed by atoms with E-state index in [2.05, 4.69) is 15.9 Å². The van der Waals surface area contributed by atoms with Gasteiger partial charge in [0.1, 0.15) is 0 Å². The van der Waals surface area contributed by atoms with Gasteiger partial charge in [0.15, 0.2) is 9.84 Å². The third kappa shape index (κ3) is 4.92. The van der Waals surface area contributed by atoms with Gasteiger partial charge in [-0.2, -0.15) is 0 Å². The zero-order valence-electron chi connectivity index (χ0n) is 13.8. The molecule has 0 spiro atoms. The monoisotopic (exact) mass is 421 g/mol. The van der Waals surface area contributed by atoms with E-state index in [1.807, 2.05) is 54.6 Å². The second-order valence-corrected chi connectivity index (χ2v) is 9.51. The Balaban J connectivity index is 1.79. The lowest BCUT2D eigenvalue weighted by Crippen LogP contribution is -2.41. The van der Waals surface area contributed by atoms with E-state index in [4.69, 9.17) is 0 Å². The van der Waals surface area contributed by atoms with Gasteiger partial charge in [0.25, 0.3) is 0 Å². The van der Waals surface area contributed by atoms with Crippen LogP contribution in [0.25, 0.3) is 0 Å². The van der Waals surface area contributed by atoms with E-state index in [0.29, 0.717) is 13.0 Å². The molecule has 0 radical (unpaired) electrons. The summed E-state index contributed by atoms with van der Waals surface area (Å²) in [5, 5.41) is 0. The number of hydrogen-bond acceptors (Lipinski definition) is 3. The SMILES string of the molecule is O=C(Cc1ccc(Br)cc1)N(Cc1ccccc1)[C@@H]1CCS(=O)(=O)C1. The number of carbonyl (C=O) groups is 1. The zero-order valence-corrected chi connectivity index (χ0v) is 16.2. The summed E-state index contributed by atoms with van der Waals surface area (Å²) in [5.74, 6) is 0.189. The molecular weight excluding hydrogens is 402 g/mol. The van der Waals surface area contributed by atoms with Crippen molar-refractivity contribution < 1.29 is 13.2 Å². The molecule has 1 aliphatic heterocycles. The fourth-order valence-electron chi connectivity index (χ4n) is 3.10. The average molecular weight is 422 g/mol. The quantitative estimate of drug-likeness (QED) is 0.744. The molecule has 0 aliphatic carbocycles. The lowest BCUT2D eigenvalue weighted by Gasteiger charge is -2.28. The van der Waals surface area contributed by atoms with Crippen molar-refractivity contribution in [2.45, 2.75) is 25.4 Å². The van der Waals surface area contributed by atoms with Gasteiger partial charge in [-0.15, -0.1) is 0 Å². The van der Waals surface area contributed by atoms with Gasteiger partial charge < -0.3 is 4.90 Å². The van der Waals surface area contributed by atoms with Crippen molar-refractivity contribution in [2.24, 2.45) is 0 Å². The van der Waals surface area contributed by atoms with E-state index in [0.717, 1.165) is 15.6 Å². The number of benzene rings is 2. The number of rotatable bonds is 5. The van der Waals surface area contributed by atoms with Gasteiger partial charge in [0, 0.05) is 17.1 Å². The van der Waals surface area contributed by atoms with Crippen LogP contribution in [0.3, 0.4) is 0 Å². The van der Waals surface area contributed by atoms with Crippen LogP contribution < -0.4 is 0 Å². The Morgan fingerprint density at radius 3 is 2.32 bits per heavy atom. The molecule has 2 aromatic rings. The molecule has 0 bridgehead atoms. The number of hydrogen-bond donors (Lipinski definition) is 0. The van der Waals surface area contributed by atoms with E-state index < -0.39 is 9.84 Å². The molecule has 0 aromatic heterocycles. The smallest absolute Gasteiger partial charge is 0.227 e. The van der Waals surface area contributed by atoms with Gasteiger partial charge in [-0.1, -0.05) is 58.4 Å². The molecule has 0 saturated carbocycles. The van der Waals surface area contributed by atoms with Crippen LogP contribution in [0.15, 0.2) is 59.1 Å². The second kappa shape index (κ2) is 7.70. The topological polar surface area (TPSA) is 54.5 Å². The van der Waals surface area contributed by atoms with Gasteiger partial charge >= 0.3 is 0 Å². The normalized spacial score (nSPS) is 18.8. The summed E-state index contributed by atoms with van der Waals surface area (Å²) in [7, 11) is -3.04. The minimum absolute atomic E-state index is 0.0340. The summed E-state index contributed by atoms with van der Waals surface area (Å²) < 4.78 is 24.7. The van der Waals surface area contributed by atoms with Crippen LogP contribution in [0.5, 0.6) is 0 Å². The molecule has 132 valence electrons. The van der Waals surface area contributed by atoms with Gasteiger partial charge in [0.2, 0.25) is 5.91 Å². The molecule has 1 amide bonds. The van der Waals surface area contributed by atoms with Crippen molar-refractivity contribution in [3.8, 4) is 0 Å². The molecule has 25 heavy (non-hydrogen) atoms. The van der Waals surface area contributed by atoms with E-state index in [-0.39, 0.29) is 29.9 Å². The molecule has 2 aromatic carbocycles. The molecule has 6 heteroatoms. The maximum absolute atomic E-state index is 12.9. The summed E-state index contributed by atoms with van der Waals surface area (Å²) in [5.41, 5.74) is 1.93. The lowest BCUT2D eigenvalue weighted by atomic mass is 10.1. The van der Waals surface area contributed by atoms with Gasteiger partial charge in [0.05, 0.1) is 17.9 Å². The Labute approximate surface area is 156 Å². The second-order valence-electron chi connectivity index (χ2n) is 6.37. The summed E-state index contributed by atoms with van der Waals surface area (Å²) in [6.07, 6.45) is 0.790. The minimum Gasteiger partial charge on any atom is -0.334 e. The summed E-state index contributed by atoms with van der Waals surface area (Å²) in [4.78, 5) is 14.7. The number of sulfone groups is 1. The van der Waals surface area contributed by atoms with Crippen LogP contribution in [-0.2, 0) is 27.6 Å². The van der Waals surface area contributed by atoms with Crippen LogP contribution in [0.1, 0.15) is 17.5 Å². The van der Waals surface area contributed by atoms with Gasteiger partial charge in [-0.25, -0.2) is 8.42 Å². The first-order valence-electron chi connectivity index (χ1n) is 8.21. The Morgan fingerprint density at radius 2 is 1.72 bits per heavy atom. The van der Waals surface area contributed by atoms with Crippen molar-refractivity contribution in [2.75, 3.05) is 11.5 Å². The number of nitrogens with zero attached hydrogens (tertiary/aromatic N) is 1. The zero-order chi connectivity index (χ0) is 17.9. The molecule has 1 aliphatic rings. The van der Waals surface area contributed by atoms with Crippen LogP contribution in [0.4, 0.5) is 0 Å². The molecular formula is C19H20BrNO3S. The van der Waals surface area contributed by atoms with E-state index in [9.17, 15) is 13.2 Å². The largest absolute Gasteiger partial charge is 0.334 e. The Morgan fingerprint density at radius 1 is 1.04 bits per heavy atom. The molecule has 4 nitrogen and oxygen atoms in total. The third-order valence-corrected chi connectivity index (χ3v) is 6.71. The molecule has 1 saturated heterocycles. The van der Waals surface area contributed by atoms with Crippen LogP contribution in [0, 0.1) is 0 Å². The molecule has 1 heterocycles. The van der Waals surface area contributed by atoms with Crippen LogP contribution in [0.2, 0.25) is 0 Å². The Bertz CT molecular complexity index is 835. The highest BCUT2D eigenvalue weighted by Gasteiger charge is 2.34. The first-order valence-corrected chi connectivity index (χ1v) is 10.8. The van der Waals surface area contributed by atoms with Crippen LogP contribution in [-0.4, -0.2) is 36.8 Å². The summed E-state index contributed by atoms with van der Waals surface area (Å²) in [6, 6.07) is 17.1. The Hall–Kier alpha value is -1.66. The number of halogens is 1. The van der Waals surface area contributed by atoms with Gasteiger partial charge in [-0.3, -0.25) is 4.79 Å². The van der Waals surface area contributed by atoms with Crippen molar-refractivity contribution in [3.63, 3.8) is 0 Å². The minimum atomic E-state index is -3.04. The Kier molecular flexibility index (Phi) is 5.59. The highest BCUT2D eigenvalue weighted by atomic mass is 79.9. The van der Waals surface area contributed by atoms with Crippen molar-refractivity contribution in [3.05, 3.63) is 70.2 Å². The maximum atomic E-state index is 12.9. The van der Waals surface area contributed by atoms with Crippen molar-refractivity contribution >= 4 is 31.7 Å². The molecule has 0 unspecified atom stereocenters. The predicted molar refractivity (Wildman–Crippen MR) is 102 cm³/mol. The number of carbonyl (C=O) groups excluding carboxylic acids is 1. The first-order chi connectivity index (χ1) is 11.9. The fraction of sp³-hybridized carbons (Fsp3) is 0.316. The molecule has 1 atom stereocenters. The maximum Gasteiger partial charge on any atom is 0.227 e.